The van der Waals surface area contributed by atoms with Gasteiger partial charge in [-0.1, -0.05) is 35.9 Å². The number of rotatable bonds is 9. The Morgan fingerprint density at radius 2 is 1.56 bits per heavy atom. The molecule has 2 aromatic rings. The summed E-state index contributed by atoms with van der Waals surface area (Å²) < 4.78 is 29.6. The summed E-state index contributed by atoms with van der Waals surface area (Å²) in [7, 11) is -3.64. The maximum absolute atomic E-state index is 12.3. The number of para-hydroxylation sites is 1. The van der Waals surface area contributed by atoms with E-state index in [0.717, 1.165) is 16.7 Å². The minimum atomic E-state index is -3.64. The molecule has 0 spiro atoms. The molecule has 8 nitrogen and oxygen atoms in total. The van der Waals surface area contributed by atoms with Crippen molar-refractivity contribution in [3.05, 3.63) is 59.2 Å². The minimum absolute atomic E-state index is 0.122. The Balaban J connectivity index is 1.79. The molecule has 0 radical (unpaired) electrons. The third-order valence-corrected chi connectivity index (χ3v) is 6.53. The highest BCUT2D eigenvalue weighted by atomic mass is 32.2. The number of anilines is 1. The zero-order chi connectivity index (χ0) is 23.9. The number of aryl methyl sites for hydroxylation is 3. The molecule has 0 aromatic heterocycles. The van der Waals surface area contributed by atoms with Crippen LogP contribution in [0, 0.1) is 20.8 Å². The molecule has 0 aliphatic heterocycles. The van der Waals surface area contributed by atoms with Crippen molar-refractivity contribution < 1.29 is 27.5 Å². The van der Waals surface area contributed by atoms with Gasteiger partial charge in [-0.15, -0.1) is 0 Å². The van der Waals surface area contributed by atoms with Crippen LogP contribution < -0.4 is 10.6 Å². The number of amides is 2. The standard InChI is InChI=1S/C23H28N2O6S/c1-15-8-10-19(11-9-15)32(29,30)13-12-21(27)31-18(4)23(28)24-14-20(26)25-22-16(2)6-5-7-17(22)3/h5-11,18H,12-14H2,1-4H3,(H,24,28)(H,25,26). The van der Waals surface area contributed by atoms with Gasteiger partial charge in [0, 0.05) is 5.69 Å². The van der Waals surface area contributed by atoms with Gasteiger partial charge in [0.25, 0.3) is 5.91 Å². The summed E-state index contributed by atoms with van der Waals surface area (Å²) in [6.45, 7) is 6.62. The number of esters is 1. The van der Waals surface area contributed by atoms with Gasteiger partial charge in [-0.25, -0.2) is 8.42 Å². The smallest absolute Gasteiger partial charge is 0.307 e. The monoisotopic (exact) mass is 460 g/mol. The number of benzene rings is 2. The van der Waals surface area contributed by atoms with Crippen LogP contribution in [0.1, 0.15) is 30.0 Å². The molecule has 0 fully saturated rings. The first-order valence-corrected chi connectivity index (χ1v) is 11.8. The third kappa shape index (κ3) is 7.19. The second kappa shape index (κ2) is 10.9. The van der Waals surface area contributed by atoms with Gasteiger partial charge in [0.15, 0.2) is 15.9 Å². The van der Waals surface area contributed by atoms with E-state index in [1.165, 1.54) is 19.1 Å². The zero-order valence-corrected chi connectivity index (χ0v) is 19.4. The molecule has 2 N–H and O–H groups in total. The van der Waals surface area contributed by atoms with Crippen LogP contribution >= 0.6 is 0 Å². The average molecular weight is 461 g/mol. The van der Waals surface area contributed by atoms with Gasteiger partial charge in [0.1, 0.15) is 0 Å². The van der Waals surface area contributed by atoms with E-state index in [4.69, 9.17) is 4.74 Å². The van der Waals surface area contributed by atoms with Crippen molar-refractivity contribution in [2.75, 3.05) is 17.6 Å². The molecule has 9 heteroatoms. The fraction of sp³-hybridized carbons (Fsp3) is 0.348. The van der Waals surface area contributed by atoms with Crippen molar-refractivity contribution in [3.8, 4) is 0 Å². The fourth-order valence-corrected chi connectivity index (χ4v) is 4.12. The van der Waals surface area contributed by atoms with Crippen LogP contribution in [0.5, 0.6) is 0 Å². The topological polar surface area (TPSA) is 119 Å². The Hall–Kier alpha value is -3.20. The van der Waals surface area contributed by atoms with Crippen molar-refractivity contribution in [2.24, 2.45) is 0 Å². The highest BCUT2D eigenvalue weighted by molar-refractivity contribution is 7.91. The molecular weight excluding hydrogens is 432 g/mol. The summed E-state index contributed by atoms with van der Waals surface area (Å²) in [4.78, 5) is 36.4. The molecule has 0 saturated carbocycles. The Kier molecular flexibility index (Phi) is 8.54. The zero-order valence-electron chi connectivity index (χ0n) is 18.6. The first kappa shape index (κ1) is 25.1. The lowest BCUT2D eigenvalue weighted by molar-refractivity contribution is -0.154. The fourth-order valence-electron chi connectivity index (χ4n) is 2.90. The van der Waals surface area contributed by atoms with Gasteiger partial charge in [-0.2, -0.15) is 0 Å². The quantitative estimate of drug-likeness (QED) is 0.555. The second-order valence-electron chi connectivity index (χ2n) is 7.55. The lowest BCUT2D eigenvalue weighted by Gasteiger charge is -2.15. The summed E-state index contributed by atoms with van der Waals surface area (Å²) in [5.74, 6) is -2.32. The van der Waals surface area contributed by atoms with Gasteiger partial charge >= 0.3 is 5.97 Å². The number of nitrogens with one attached hydrogen (secondary N) is 2. The van der Waals surface area contributed by atoms with Crippen LogP contribution in [0.25, 0.3) is 0 Å². The summed E-state index contributed by atoms with van der Waals surface area (Å²) in [5.41, 5.74) is 3.40. The van der Waals surface area contributed by atoms with E-state index in [-0.39, 0.29) is 17.9 Å². The normalized spacial score (nSPS) is 12.0. The van der Waals surface area contributed by atoms with Gasteiger partial charge in [0.05, 0.1) is 23.6 Å². The van der Waals surface area contributed by atoms with Crippen LogP contribution in [-0.4, -0.2) is 44.6 Å². The van der Waals surface area contributed by atoms with Gasteiger partial charge < -0.3 is 15.4 Å². The Morgan fingerprint density at radius 1 is 0.969 bits per heavy atom. The maximum atomic E-state index is 12.3. The summed E-state index contributed by atoms with van der Waals surface area (Å²) >= 11 is 0. The number of carbonyl (C=O) groups is 3. The van der Waals surface area contributed by atoms with Crippen LogP contribution in [0.4, 0.5) is 5.69 Å². The Bertz CT molecular complexity index is 1070. The van der Waals surface area contributed by atoms with Crippen molar-refractivity contribution in [3.63, 3.8) is 0 Å². The summed E-state index contributed by atoms with van der Waals surface area (Å²) in [6.07, 6.45) is -1.56. The van der Waals surface area contributed by atoms with Gasteiger partial charge in [-0.05, 0) is 51.0 Å². The molecule has 0 saturated heterocycles. The maximum Gasteiger partial charge on any atom is 0.307 e. The van der Waals surface area contributed by atoms with Crippen LogP contribution in [0.15, 0.2) is 47.4 Å². The molecular formula is C23H28N2O6S. The molecule has 172 valence electrons. The number of ether oxygens (including phenoxy) is 1. The number of hydrogen-bond acceptors (Lipinski definition) is 6. The Labute approximate surface area is 188 Å². The Morgan fingerprint density at radius 3 is 2.16 bits per heavy atom. The van der Waals surface area contributed by atoms with Gasteiger partial charge in [0.2, 0.25) is 5.91 Å². The number of sulfone groups is 1. The van der Waals surface area contributed by atoms with E-state index in [1.807, 2.05) is 39.0 Å². The van der Waals surface area contributed by atoms with Gasteiger partial charge in [-0.3, -0.25) is 14.4 Å². The van der Waals surface area contributed by atoms with Crippen molar-refractivity contribution >= 4 is 33.3 Å². The molecule has 1 atom stereocenters. The average Bonchev–Trinajstić information content (AvgIpc) is 2.73. The van der Waals surface area contributed by atoms with E-state index in [0.29, 0.717) is 5.69 Å². The van der Waals surface area contributed by atoms with Crippen LogP contribution in [0.2, 0.25) is 0 Å². The van der Waals surface area contributed by atoms with E-state index in [9.17, 15) is 22.8 Å². The number of hydrogen-bond donors (Lipinski definition) is 2. The molecule has 2 aromatic carbocycles. The van der Waals surface area contributed by atoms with Crippen molar-refractivity contribution in [1.29, 1.82) is 0 Å². The van der Waals surface area contributed by atoms with E-state index in [2.05, 4.69) is 10.6 Å². The third-order valence-electron chi connectivity index (χ3n) is 4.80. The first-order chi connectivity index (χ1) is 15.0. The molecule has 0 heterocycles. The summed E-state index contributed by atoms with van der Waals surface area (Å²) in [5, 5.41) is 5.15. The van der Waals surface area contributed by atoms with E-state index >= 15 is 0 Å². The van der Waals surface area contributed by atoms with Crippen molar-refractivity contribution in [1.82, 2.24) is 5.32 Å². The minimum Gasteiger partial charge on any atom is -0.453 e. The highest BCUT2D eigenvalue weighted by Crippen LogP contribution is 2.19. The molecule has 0 bridgehead atoms. The SMILES string of the molecule is Cc1ccc(S(=O)(=O)CCC(=O)OC(C)C(=O)NCC(=O)Nc2c(C)cccc2C)cc1. The molecule has 0 aliphatic rings. The van der Waals surface area contributed by atoms with Crippen LogP contribution in [-0.2, 0) is 29.0 Å². The highest BCUT2D eigenvalue weighted by Gasteiger charge is 2.21. The van der Waals surface area contributed by atoms with Crippen molar-refractivity contribution in [2.45, 2.75) is 45.1 Å². The van der Waals surface area contributed by atoms with E-state index in [1.54, 1.807) is 12.1 Å². The predicted octanol–water partition coefficient (Wildman–Crippen LogP) is 2.46. The van der Waals surface area contributed by atoms with Crippen LogP contribution in [0.3, 0.4) is 0 Å². The molecule has 2 rings (SSSR count). The largest absolute Gasteiger partial charge is 0.453 e. The number of carbonyl (C=O) groups excluding carboxylic acids is 3. The molecule has 2 amide bonds. The first-order valence-electron chi connectivity index (χ1n) is 10.1. The van der Waals surface area contributed by atoms with E-state index < -0.39 is 39.5 Å². The molecule has 32 heavy (non-hydrogen) atoms. The predicted molar refractivity (Wildman–Crippen MR) is 121 cm³/mol. The lowest BCUT2D eigenvalue weighted by Crippen LogP contribution is -2.40. The molecule has 0 aliphatic carbocycles. The second-order valence-corrected chi connectivity index (χ2v) is 9.66. The molecule has 1 unspecified atom stereocenters. The lowest BCUT2D eigenvalue weighted by atomic mass is 10.1. The summed E-state index contributed by atoms with van der Waals surface area (Å²) in [6, 6.07) is 11.9.